The van der Waals surface area contributed by atoms with Crippen LogP contribution in [0.5, 0.6) is 0 Å². The first-order chi connectivity index (χ1) is 9.26. The second-order valence-electron chi connectivity index (χ2n) is 6.05. The van der Waals surface area contributed by atoms with Crippen molar-refractivity contribution >= 4 is 16.5 Å². The van der Waals surface area contributed by atoms with Gasteiger partial charge in [-0.25, -0.2) is 4.98 Å². The maximum atomic E-state index is 4.84. The van der Waals surface area contributed by atoms with Crippen molar-refractivity contribution in [3.8, 4) is 0 Å². The van der Waals surface area contributed by atoms with Crippen molar-refractivity contribution in [3.05, 3.63) is 10.6 Å². The summed E-state index contributed by atoms with van der Waals surface area (Å²) in [7, 11) is 2.20. The third-order valence-corrected chi connectivity index (χ3v) is 5.53. The summed E-state index contributed by atoms with van der Waals surface area (Å²) < 4.78 is 0. The van der Waals surface area contributed by atoms with Gasteiger partial charge in [-0.15, -0.1) is 11.3 Å². The Morgan fingerprint density at radius 1 is 1.32 bits per heavy atom. The van der Waals surface area contributed by atoms with Crippen molar-refractivity contribution in [3.63, 3.8) is 0 Å². The van der Waals surface area contributed by atoms with Crippen molar-refractivity contribution in [1.29, 1.82) is 0 Å². The van der Waals surface area contributed by atoms with E-state index >= 15 is 0 Å². The van der Waals surface area contributed by atoms with Gasteiger partial charge in [0.2, 0.25) is 0 Å². The molecule has 2 saturated carbocycles. The van der Waals surface area contributed by atoms with Gasteiger partial charge in [0.15, 0.2) is 5.13 Å². The van der Waals surface area contributed by atoms with Gasteiger partial charge in [-0.2, -0.15) is 0 Å². The normalized spacial score (nSPS) is 19.5. The predicted octanol–water partition coefficient (Wildman–Crippen LogP) is 3.19. The van der Waals surface area contributed by atoms with E-state index in [0.717, 1.165) is 24.9 Å². The number of nitrogens with one attached hydrogen (secondary N) is 1. The molecule has 1 N–H and O–H groups in total. The van der Waals surface area contributed by atoms with Crippen molar-refractivity contribution < 1.29 is 0 Å². The second-order valence-corrected chi connectivity index (χ2v) is 7.11. The summed E-state index contributed by atoms with van der Waals surface area (Å²) in [5.74, 6) is 0.909. The Hall–Kier alpha value is -0.610. The van der Waals surface area contributed by atoms with Crippen LogP contribution in [0.2, 0.25) is 0 Å². The van der Waals surface area contributed by atoms with Gasteiger partial charge in [0.25, 0.3) is 0 Å². The number of nitrogens with zero attached hydrogens (tertiary/aromatic N) is 2. The molecule has 0 saturated heterocycles. The predicted molar refractivity (Wildman–Crippen MR) is 82.0 cm³/mol. The molecule has 0 unspecified atom stereocenters. The summed E-state index contributed by atoms with van der Waals surface area (Å²) >= 11 is 1.89. The largest absolute Gasteiger partial charge is 0.351 e. The Balaban J connectivity index is 1.62. The van der Waals surface area contributed by atoms with Crippen LogP contribution in [0, 0.1) is 5.92 Å². The van der Waals surface area contributed by atoms with Gasteiger partial charge < -0.3 is 10.2 Å². The summed E-state index contributed by atoms with van der Waals surface area (Å²) in [5, 5.41) is 4.83. The lowest BCUT2D eigenvalue weighted by Crippen LogP contribution is -2.29. The molecule has 3 nitrogen and oxygen atoms in total. The Morgan fingerprint density at radius 3 is 2.68 bits per heavy atom. The summed E-state index contributed by atoms with van der Waals surface area (Å²) in [6.07, 6.45) is 8.00. The number of anilines is 1. The SMILES string of the molecule is CCc1nc(N(C)CC2CCC2)sc1CNC1CC1. The Bertz CT molecular complexity index is 421. The molecule has 0 radical (unpaired) electrons. The molecule has 0 amide bonds. The molecule has 3 rings (SSSR count). The summed E-state index contributed by atoms with van der Waals surface area (Å²) in [5.41, 5.74) is 1.30. The zero-order valence-electron chi connectivity index (χ0n) is 12.1. The monoisotopic (exact) mass is 279 g/mol. The third kappa shape index (κ3) is 3.29. The molecule has 19 heavy (non-hydrogen) atoms. The van der Waals surface area contributed by atoms with Gasteiger partial charge in [-0.1, -0.05) is 13.3 Å². The molecular weight excluding hydrogens is 254 g/mol. The molecule has 0 spiro atoms. The first kappa shape index (κ1) is 13.4. The van der Waals surface area contributed by atoms with Crippen LogP contribution < -0.4 is 10.2 Å². The molecule has 2 aliphatic rings. The number of hydrogen-bond donors (Lipinski definition) is 1. The van der Waals surface area contributed by atoms with E-state index in [0.29, 0.717) is 0 Å². The van der Waals surface area contributed by atoms with Gasteiger partial charge >= 0.3 is 0 Å². The minimum absolute atomic E-state index is 0.781. The van der Waals surface area contributed by atoms with Gasteiger partial charge in [-0.3, -0.25) is 0 Å². The average molecular weight is 279 g/mol. The zero-order chi connectivity index (χ0) is 13.2. The summed E-state index contributed by atoms with van der Waals surface area (Å²) in [6.45, 7) is 4.42. The smallest absolute Gasteiger partial charge is 0.185 e. The van der Waals surface area contributed by atoms with E-state index in [1.54, 1.807) is 0 Å². The standard InChI is InChI=1S/C15H25N3S/c1-3-13-14(9-16-12-7-8-12)19-15(17-13)18(2)10-11-5-4-6-11/h11-12,16H,3-10H2,1-2H3. The molecule has 0 aromatic carbocycles. The van der Waals surface area contributed by atoms with Crippen LogP contribution in [0.15, 0.2) is 0 Å². The van der Waals surface area contributed by atoms with E-state index in [1.807, 2.05) is 11.3 Å². The number of hydrogen-bond acceptors (Lipinski definition) is 4. The molecule has 4 heteroatoms. The molecule has 106 valence electrons. The fourth-order valence-corrected chi connectivity index (χ4v) is 3.68. The highest BCUT2D eigenvalue weighted by Crippen LogP contribution is 2.31. The molecule has 0 aliphatic heterocycles. The Kier molecular flexibility index (Phi) is 4.08. The van der Waals surface area contributed by atoms with Gasteiger partial charge in [0.1, 0.15) is 0 Å². The molecule has 1 aromatic heterocycles. The lowest BCUT2D eigenvalue weighted by Gasteiger charge is -2.29. The maximum absolute atomic E-state index is 4.84. The van der Waals surface area contributed by atoms with Gasteiger partial charge in [-0.05, 0) is 38.0 Å². The van der Waals surface area contributed by atoms with Crippen LogP contribution >= 0.6 is 11.3 Å². The number of aryl methyl sites for hydroxylation is 1. The van der Waals surface area contributed by atoms with E-state index in [9.17, 15) is 0 Å². The average Bonchev–Trinajstić information content (AvgIpc) is 3.10. The molecule has 1 aromatic rings. The Morgan fingerprint density at radius 2 is 2.11 bits per heavy atom. The fraction of sp³-hybridized carbons (Fsp3) is 0.800. The lowest BCUT2D eigenvalue weighted by molar-refractivity contribution is 0.321. The second kappa shape index (κ2) is 5.80. The van der Waals surface area contributed by atoms with Crippen molar-refractivity contribution in [1.82, 2.24) is 10.3 Å². The van der Waals surface area contributed by atoms with E-state index in [-0.39, 0.29) is 0 Å². The molecule has 2 aliphatic carbocycles. The first-order valence-electron chi connectivity index (χ1n) is 7.69. The maximum Gasteiger partial charge on any atom is 0.185 e. The number of rotatable bonds is 7. The van der Waals surface area contributed by atoms with E-state index in [2.05, 4.69) is 24.2 Å². The number of aromatic nitrogens is 1. The van der Waals surface area contributed by atoms with Crippen molar-refractivity contribution in [2.75, 3.05) is 18.5 Å². The van der Waals surface area contributed by atoms with Crippen LogP contribution in [0.1, 0.15) is 49.6 Å². The van der Waals surface area contributed by atoms with Crippen LogP contribution in [0.25, 0.3) is 0 Å². The molecule has 0 atom stereocenters. The zero-order valence-corrected chi connectivity index (χ0v) is 12.9. The van der Waals surface area contributed by atoms with E-state index in [4.69, 9.17) is 4.98 Å². The van der Waals surface area contributed by atoms with Gasteiger partial charge in [0.05, 0.1) is 5.69 Å². The summed E-state index contributed by atoms with van der Waals surface area (Å²) in [4.78, 5) is 8.66. The summed E-state index contributed by atoms with van der Waals surface area (Å²) in [6, 6.07) is 0.781. The van der Waals surface area contributed by atoms with Crippen LogP contribution in [0.4, 0.5) is 5.13 Å². The van der Waals surface area contributed by atoms with Gasteiger partial charge in [0, 0.05) is 31.1 Å². The van der Waals surface area contributed by atoms with Crippen molar-refractivity contribution in [2.24, 2.45) is 5.92 Å². The molecule has 2 fully saturated rings. The highest BCUT2D eigenvalue weighted by molar-refractivity contribution is 7.15. The quantitative estimate of drug-likeness (QED) is 0.831. The minimum Gasteiger partial charge on any atom is -0.351 e. The Labute approximate surface area is 120 Å². The van der Waals surface area contributed by atoms with Crippen LogP contribution in [-0.4, -0.2) is 24.6 Å². The van der Waals surface area contributed by atoms with Crippen molar-refractivity contribution in [2.45, 2.75) is 58.0 Å². The van der Waals surface area contributed by atoms with Crippen LogP contribution in [0.3, 0.4) is 0 Å². The third-order valence-electron chi connectivity index (χ3n) is 4.31. The van der Waals surface area contributed by atoms with Crippen LogP contribution in [-0.2, 0) is 13.0 Å². The fourth-order valence-electron chi connectivity index (χ4n) is 2.61. The molecular formula is C15H25N3S. The first-order valence-corrected chi connectivity index (χ1v) is 8.51. The highest BCUT2D eigenvalue weighted by Gasteiger charge is 2.23. The minimum atomic E-state index is 0.781. The molecule has 1 heterocycles. The van der Waals surface area contributed by atoms with E-state index < -0.39 is 0 Å². The topological polar surface area (TPSA) is 28.2 Å². The lowest BCUT2D eigenvalue weighted by atomic mass is 9.85. The highest BCUT2D eigenvalue weighted by atomic mass is 32.1. The van der Waals surface area contributed by atoms with E-state index in [1.165, 1.54) is 54.4 Å². The molecule has 0 bridgehead atoms. The number of thiazole rings is 1.